The van der Waals surface area contributed by atoms with Gasteiger partial charge in [-0.05, 0) is 23.6 Å². The van der Waals surface area contributed by atoms with Gasteiger partial charge in [0.2, 0.25) is 0 Å². The van der Waals surface area contributed by atoms with Crippen molar-refractivity contribution in [2.75, 3.05) is 5.32 Å². The summed E-state index contributed by atoms with van der Waals surface area (Å²) in [6.45, 7) is 4.21. The number of benzene rings is 1. The van der Waals surface area contributed by atoms with Crippen LogP contribution in [0.3, 0.4) is 0 Å². The molecular formula is C17H17N5O3. The summed E-state index contributed by atoms with van der Waals surface area (Å²) in [5.74, 6) is -0.857. The molecule has 0 aliphatic heterocycles. The zero-order valence-corrected chi connectivity index (χ0v) is 13.8. The van der Waals surface area contributed by atoms with Crippen LogP contribution in [0.2, 0.25) is 0 Å². The molecule has 2 aromatic heterocycles. The first-order valence-electron chi connectivity index (χ1n) is 7.65. The van der Waals surface area contributed by atoms with Crippen molar-refractivity contribution < 1.29 is 14.0 Å². The fraction of sp³-hybridized carbons (Fsp3) is 0.176. The number of hydrogen-bond donors (Lipinski definition) is 2. The number of carbonyl (C=O) groups is 2. The summed E-state index contributed by atoms with van der Waals surface area (Å²) in [7, 11) is 0. The van der Waals surface area contributed by atoms with Crippen molar-refractivity contribution in [1.29, 1.82) is 0 Å². The van der Waals surface area contributed by atoms with Crippen LogP contribution in [-0.2, 0) is 0 Å². The van der Waals surface area contributed by atoms with Gasteiger partial charge < -0.3 is 15.5 Å². The van der Waals surface area contributed by atoms with Crippen molar-refractivity contribution in [3.05, 3.63) is 60.1 Å². The Hall–Kier alpha value is -3.42. The molecule has 0 spiro atoms. The molecule has 8 nitrogen and oxygen atoms in total. The molecule has 2 heterocycles. The van der Waals surface area contributed by atoms with Crippen LogP contribution in [0.5, 0.6) is 0 Å². The lowest BCUT2D eigenvalue weighted by Gasteiger charge is -2.06. The van der Waals surface area contributed by atoms with E-state index in [1.54, 1.807) is 0 Å². The molecule has 0 saturated heterocycles. The van der Waals surface area contributed by atoms with Crippen LogP contribution in [0.25, 0.3) is 5.69 Å². The summed E-state index contributed by atoms with van der Waals surface area (Å²) in [4.78, 5) is 27.5. The minimum Gasteiger partial charge on any atom is -0.451 e. The van der Waals surface area contributed by atoms with E-state index in [9.17, 15) is 9.59 Å². The molecule has 0 unspecified atom stereocenters. The molecule has 3 aromatic rings. The zero-order valence-electron chi connectivity index (χ0n) is 13.8. The molecule has 2 amide bonds. The molecule has 128 valence electrons. The van der Waals surface area contributed by atoms with Crippen molar-refractivity contribution in [3.8, 4) is 5.69 Å². The summed E-state index contributed by atoms with van der Waals surface area (Å²) < 4.78 is 6.26. The molecule has 0 bridgehead atoms. The lowest BCUT2D eigenvalue weighted by atomic mass is 10.0. The molecule has 0 radical (unpaired) electrons. The number of oxazole rings is 1. The van der Waals surface area contributed by atoms with E-state index in [0.29, 0.717) is 5.92 Å². The molecule has 0 fully saturated rings. The first-order chi connectivity index (χ1) is 12.0. The molecule has 0 saturated carbocycles. The van der Waals surface area contributed by atoms with Gasteiger partial charge in [-0.25, -0.2) is 9.67 Å². The van der Waals surface area contributed by atoms with Crippen LogP contribution in [0, 0.1) is 0 Å². The summed E-state index contributed by atoms with van der Waals surface area (Å²) in [6.07, 6.45) is 3.88. The third kappa shape index (κ3) is 3.42. The summed E-state index contributed by atoms with van der Waals surface area (Å²) in [5, 5.41) is 6.74. The fourth-order valence-corrected chi connectivity index (χ4v) is 2.30. The molecule has 3 rings (SSSR count). The summed E-state index contributed by atoms with van der Waals surface area (Å²) in [5.41, 5.74) is 7.55. The number of amides is 2. The Kier molecular flexibility index (Phi) is 4.34. The topological polar surface area (TPSA) is 116 Å². The Balaban J connectivity index is 1.91. The molecule has 1 aromatic carbocycles. The number of nitrogens with one attached hydrogen (secondary N) is 1. The maximum absolute atomic E-state index is 12.1. The standard InChI is InChI=1S/C17H17N5O3/c1-10(2)11-3-5-12(6-4-11)22-7-13(15(21-22)16(18)23)20-17(24)14-8-25-9-19-14/h3-10H,1-2H3,(H2,18,23)(H,20,24). The first-order valence-corrected chi connectivity index (χ1v) is 7.65. The minimum atomic E-state index is -0.743. The molecule has 0 aliphatic carbocycles. The average Bonchev–Trinajstić information content (AvgIpc) is 3.24. The Morgan fingerprint density at radius 2 is 1.96 bits per heavy atom. The maximum atomic E-state index is 12.1. The highest BCUT2D eigenvalue weighted by atomic mass is 16.3. The third-order valence-electron chi connectivity index (χ3n) is 3.69. The summed E-state index contributed by atoms with van der Waals surface area (Å²) >= 11 is 0. The maximum Gasteiger partial charge on any atom is 0.277 e. The number of carbonyl (C=O) groups excluding carboxylic acids is 2. The Labute approximate surface area is 143 Å². The molecule has 25 heavy (non-hydrogen) atoms. The predicted molar refractivity (Wildman–Crippen MR) is 90.6 cm³/mol. The second-order valence-electron chi connectivity index (χ2n) is 5.77. The molecule has 8 heteroatoms. The second kappa shape index (κ2) is 6.60. The number of nitrogens with zero attached hydrogens (tertiary/aromatic N) is 3. The number of rotatable bonds is 5. The smallest absolute Gasteiger partial charge is 0.277 e. The van der Waals surface area contributed by atoms with E-state index in [1.165, 1.54) is 22.7 Å². The van der Waals surface area contributed by atoms with Crippen molar-refractivity contribution in [1.82, 2.24) is 14.8 Å². The highest BCUT2D eigenvalue weighted by molar-refractivity contribution is 6.06. The van der Waals surface area contributed by atoms with E-state index in [0.717, 1.165) is 12.1 Å². The number of aromatic nitrogens is 3. The Morgan fingerprint density at radius 3 is 2.52 bits per heavy atom. The largest absolute Gasteiger partial charge is 0.451 e. The molecule has 3 N–H and O–H groups in total. The van der Waals surface area contributed by atoms with Gasteiger partial charge in [0.1, 0.15) is 6.26 Å². The third-order valence-corrected chi connectivity index (χ3v) is 3.69. The van der Waals surface area contributed by atoms with E-state index in [4.69, 9.17) is 10.2 Å². The highest BCUT2D eigenvalue weighted by Gasteiger charge is 2.19. The second-order valence-corrected chi connectivity index (χ2v) is 5.77. The van der Waals surface area contributed by atoms with Gasteiger partial charge in [0.05, 0.1) is 17.6 Å². The van der Waals surface area contributed by atoms with Gasteiger partial charge in [-0.1, -0.05) is 26.0 Å². The van der Waals surface area contributed by atoms with Gasteiger partial charge >= 0.3 is 0 Å². The van der Waals surface area contributed by atoms with Gasteiger partial charge in [0.25, 0.3) is 11.8 Å². The van der Waals surface area contributed by atoms with Gasteiger partial charge in [0.15, 0.2) is 17.8 Å². The zero-order chi connectivity index (χ0) is 18.0. The van der Waals surface area contributed by atoms with E-state index in [-0.39, 0.29) is 17.1 Å². The van der Waals surface area contributed by atoms with Crippen molar-refractivity contribution in [2.24, 2.45) is 5.73 Å². The Morgan fingerprint density at radius 1 is 1.24 bits per heavy atom. The molecule has 0 aliphatic rings. The number of primary amides is 1. The lowest BCUT2D eigenvalue weighted by Crippen LogP contribution is -2.18. The predicted octanol–water partition coefficient (Wildman–Crippen LogP) is 2.33. The number of hydrogen-bond acceptors (Lipinski definition) is 5. The van der Waals surface area contributed by atoms with Crippen LogP contribution in [0.1, 0.15) is 46.3 Å². The van der Waals surface area contributed by atoms with Gasteiger partial charge in [0, 0.05) is 0 Å². The first kappa shape index (κ1) is 16.4. The normalized spacial score (nSPS) is 10.8. The van der Waals surface area contributed by atoms with Crippen molar-refractivity contribution >= 4 is 17.5 Å². The van der Waals surface area contributed by atoms with E-state index < -0.39 is 11.8 Å². The van der Waals surface area contributed by atoms with Gasteiger partial charge in [-0.3, -0.25) is 9.59 Å². The Bertz CT molecular complexity index is 895. The highest BCUT2D eigenvalue weighted by Crippen LogP contribution is 2.20. The van der Waals surface area contributed by atoms with Crippen LogP contribution in [0.4, 0.5) is 5.69 Å². The quantitative estimate of drug-likeness (QED) is 0.740. The number of nitrogens with two attached hydrogens (primary N) is 1. The number of anilines is 1. The van der Waals surface area contributed by atoms with Crippen molar-refractivity contribution in [3.63, 3.8) is 0 Å². The van der Waals surface area contributed by atoms with Crippen LogP contribution >= 0.6 is 0 Å². The molecule has 0 atom stereocenters. The minimum absolute atomic E-state index is 0.0372. The van der Waals surface area contributed by atoms with Crippen LogP contribution in [0.15, 0.2) is 47.5 Å². The monoisotopic (exact) mass is 339 g/mol. The van der Waals surface area contributed by atoms with E-state index >= 15 is 0 Å². The average molecular weight is 339 g/mol. The fourth-order valence-electron chi connectivity index (χ4n) is 2.30. The van der Waals surface area contributed by atoms with Crippen molar-refractivity contribution in [2.45, 2.75) is 19.8 Å². The van der Waals surface area contributed by atoms with E-state index in [2.05, 4.69) is 29.2 Å². The van der Waals surface area contributed by atoms with Gasteiger partial charge in [-0.2, -0.15) is 5.10 Å². The SMILES string of the molecule is CC(C)c1ccc(-n2cc(NC(=O)c3cocn3)c(C(N)=O)n2)cc1. The van der Waals surface area contributed by atoms with Gasteiger partial charge in [-0.15, -0.1) is 0 Å². The van der Waals surface area contributed by atoms with Crippen LogP contribution in [-0.4, -0.2) is 26.6 Å². The summed E-state index contributed by atoms with van der Waals surface area (Å²) in [6, 6.07) is 7.74. The lowest BCUT2D eigenvalue weighted by molar-refractivity contribution is 0.0996. The van der Waals surface area contributed by atoms with Crippen LogP contribution < -0.4 is 11.1 Å². The molecular weight excluding hydrogens is 322 g/mol. The van der Waals surface area contributed by atoms with E-state index in [1.807, 2.05) is 24.3 Å².